The van der Waals surface area contributed by atoms with E-state index in [4.69, 9.17) is 84.3 Å². The quantitative estimate of drug-likeness (QED) is 0.0129. The van der Waals surface area contributed by atoms with Crippen LogP contribution in [0.15, 0.2) is 182 Å². The summed E-state index contributed by atoms with van der Waals surface area (Å²) in [4.78, 5) is 80.9. The molecule has 6 aromatic rings. The van der Waals surface area contributed by atoms with E-state index in [0.717, 1.165) is 59.4 Å². The Morgan fingerprint density at radius 3 is 0.907 bits per heavy atom. The number of carbonyl (C=O) groups excluding carboxylic acids is 8. The van der Waals surface area contributed by atoms with Crippen molar-refractivity contribution < 1.29 is 133 Å². The summed E-state index contributed by atoms with van der Waals surface area (Å²) in [7, 11) is -14.2. The Labute approximate surface area is 675 Å². The van der Waals surface area contributed by atoms with E-state index in [2.05, 4.69) is 62.7 Å². The van der Waals surface area contributed by atoms with Crippen LogP contribution in [0.5, 0.6) is 5.75 Å². The third kappa shape index (κ3) is 77.0. The molecule has 1 N–H and O–H groups in total. The van der Waals surface area contributed by atoms with Gasteiger partial charge in [0.1, 0.15) is 32.7 Å². The predicted molar refractivity (Wildman–Crippen MR) is 421 cm³/mol. The van der Waals surface area contributed by atoms with Crippen LogP contribution in [-0.2, 0) is 127 Å². The Kier molecular flexibility index (Phi) is 74.1. The number of halogens is 4. The molecule has 0 saturated heterocycles. The van der Waals surface area contributed by atoms with Crippen molar-refractivity contribution >= 4 is 118 Å². The topological polar surface area (TPSA) is 339 Å². The molecule has 594 valence electrons. The van der Waals surface area contributed by atoms with Crippen LogP contribution in [0.1, 0.15) is 103 Å². The van der Waals surface area contributed by atoms with Gasteiger partial charge in [-0.05, 0) is 120 Å². The number of rotatable bonds is 34. The summed E-state index contributed by atoms with van der Waals surface area (Å²) in [5.41, 5.74) is 5.28. The number of ether oxygens (including phenoxy) is 5. The van der Waals surface area contributed by atoms with Crippen molar-refractivity contribution in [3.8, 4) is 5.75 Å². The molecule has 4 unspecified atom stereocenters. The first kappa shape index (κ1) is 114. The van der Waals surface area contributed by atoms with Crippen molar-refractivity contribution in [1.82, 2.24) is 4.84 Å². The second kappa shape index (κ2) is 69.7. The average Bonchev–Trinajstić information content (AvgIpc) is 0.838. The van der Waals surface area contributed by atoms with E-state index in [1.165, 1.54) is 20.0 Å². The first-order chi connectivity index (χ1) is 49.3. The molecule has 107 heavy (non-hydrogen) atoms. The number of benzene rings is 6. The van der Waals surface area contributed by atoms with Gasteiger partial charge in [-0.2, -0.15) is 28.8 Å². The molecule has 0 radical (unpaired) electrons. The molecular weight excluding hydrogens is 1590 g/mol. The van der Waals surface area contributed by atoms with E-state index in [9.17, 15) is 41.9 Å². The van der Waals surface area contributed by atoms with Gasteiger partial charge in [-0.1, -0.05) is 243 Å². The molecule has 0 aliphatic rings. The van der Waals surface area contributed by atoms with E-state index in [1.54, 1.807) is 31.2 Å². The number of hydrogen-bond acceptors (Lipinski definition) is 23. The fraction of sp³-hybridized carbons (Fsp3) is 0.438. The normalized spacial score (nSPS) is 14.0. The molecule has 0 aliphatic heterocycles. The van der Waals surface area contributed by atoms with Crippen molar-refractivity contribution in [2.24, 2.45) is 11.8 Å². The Morgan fingerprint density at radius 1 is 0.439 bits per heavy atom. The van der Waals surface area contributed by atoms with Crippen LogP contribution < -0.4 is 43.8 Å². The van der Waals surface area contributed by atoms with Gasteiger partial charge in [0.15, 0.2) is 6.49 Å². The molecule has 0 saturated carbocycles. The molecule has 0 bridgehead atoms. The molecule has 0 aromatic heterocycles. The fourth-order valence-corrected chi connectivity index (χ4v) is 16.8. The largest absolute Gasteiger partial charge is 1.00 e. The maximum absolute atomic E-state index is 12.7. The van der Waals surface area contributed by atoms with E-state index in [0.29, 0.717) is 69.4 Å². The molecule has 0 spiro atoms. The molecule has 6 aromatic carbocycles. The van der Waals surface area contributed by atoms with Crippen molar-refractivity contribution in [2.75, 3.05) is 83.5 Å². The predicted octanol–water partition coefficient (Wildman–Crippen LogP) is 16.4. The van der Waals surface area contributed by atoms with Crippen molar-refractivity contribution in [1.29, 1.82) is 0 Å². The van der Waals surface area contributed by atoms with Crippen LogP contribution >= 0.6 is 89.3 Å². The summed E-state index contributed by atoms with van der Waals surface area (Å²) in [5, 5.41) is -2.28. The standard InChI is InChI=1S/C17H22O5P2.2C14H23O2P.C9H12ClO2P.C9H13O3P.C4H10ClN.C2Cl2O2.3CO2.CH4.Na/c1-3-24(19,21-17-12-8-5-9-13-17)22-23(2,18)15-20-14-16-10-6-4-7-11-16;2*1-4-13(2)11-17(3,15)12-16-10-14-8-6-5-7-9-14;2*1-13(10,11)8-12-7-9-5-3-2-4-6-9;1-3-4(2)6-5;3-1(5)2(4)6;3*2-1-3;;/h4-13H,3,14-15H2,1-2H3;2*5-9,13H,4,10-12H2,1-3H3;2-6H,7-8H2,1H3;2-6H,7-8H2,1H3,(H,10,11);4,6H,3H2,1-2H3;;;;;1H4;/q;;;;;;;;;;;+1/p-1/t;13-,17+;13-,17-;;;4-;;;;;;/m.00..0....../s1. The number of hydrogen-bond donors (Lipinski definition) is 1. The third-order valence-electron chi connectivity index (χ3n) is 12.7. The van der Waals surface area contributed by atoms with Gasteiger partial charge in [0, 0.05) is 39.1 Å². The summed E-state index contributed by atoms with van der Waals surface area (Å²) in [6.07, 6.45) is 6.30. The summed E-state index contributed by atoms with van der Waals surface area (Å²) >= 11 is 19.7. The monoisotopic (exact) mass is 1700 g/mol. The molecule has 0 fully saturated rings. The van der Waals surface area contributed by atoms with Crippen molar-refractivity contribution in [3.05, 3.63) is 210 Å². The summed E-state index contributed by atoms with van der Waals surface area (Å²) in [6.45, 7) is 21.8. The van der Waals surface area contributed by atoms with Crippen LogP contribution in [0.4, 0.5) is 0 Å². The van der Waals surface area contributed by atoms with Gasteiger partial charge in [-0.3, -0.25) is 14.2 Å². The minimum absolute atomic E-state index is 0. The fourth-order valence-electron chi connectivity index (χ4n) is 7.40. The van der Waals surface area contributed by atoms with E-state index >= 15 is 0 Å². The maximum atomic E-state index is 12.7. The molecule has 0 heterocycles. The summed E-state index contributed by atoms with van der Waals surface area (Å²) in [6, 6.07) is 57.9. The smallest absolute Gasteiger partial charge is 0.798 e. The van der Waals surface area contributed by atoms with Crippen LogP contribution in [-0.4, -0.2) is 119 Å². The van der Waals surface area contributed by atoms with Gasteiger partial charge in [-0.15, -0.1) is 0 Å². The number of para-hydroxylation sites is 1. The Bertz CT molecular complexity index is 3420. The third-order valence-corrected chi connectivity index (χ3v) is 23.6. The molecular formula is C73H106Cl4NNaO22P6. The number of nitrogens with one attached hydrogen (secondary N) is 1. The van der Waals surface area contributed by atoms with E-state index in [-0.39, 0.29) is 80.6 Å². The maximum Gasteiger partial charge on any atom is 1.00 e. The SMILES string of the molecule is C.CCP(=O)(Oc1ccccc1)OP(C)(=O)COCc1ccccc1.CC[C@H](C)C[P@@](C)(=O)COCc1ccccc1.CC[C@H](C)C[P@](C)(=O)COCc1ccccc1.CC[C@H](C)NCl.CP(=O)(Cl)COCc1ccccc1.CP(=O)([O-])COCc1ccccc1.O=C(Cl)C(=O)Cl.O=C=O.O=C=O.O=C=O.[Na+]. The zero-order valence-corrected chi connectivity index (χ0v) is 72.9. The average molecular weight is 1700 g/mol. The zero-order chi connectivity index (χ0) is 80.7. The molecule has 34 heteroatoms. The molecule has 6 rings (SSSR count). The Morgan fingerprint density at radius 2 is 0.692 bits per heavy atom. The summed E-state index contributed by atoms with van der Waals surface area (Å²) < 4.78 is 109. The van der Waals surface area contributed by atoms with Gasteiger partial charge in [0.05, 0.1) is 58.2 Å². The minimum Gasteiger partial charge on any atom is -0.798 e. The molecule has 9 atom stereocenters. The Balaban J connectivity index is -0.000000281. The van der Waals surface area contributed by atoms with Gasteiger partial charge < -0.3 is 51.4 Å². The van der Waals surface area contributed by atoms with Crippen molar-refractivity contribution in [2.45, 2.75) is 114 Å². The van der Waals surface area contributed by atoms with Crippen LogP contribution in [0.3, 0.4) is 0 Å². The summed E-state index contributed by atoms with van der Waals surface area (Å²) in [5.74, 6) is 1.46. The second-order valence-corrected chi connectivity index (χ2v) is 42.4. The van der Waals surface area contributed by atoms with E-state index < -0.39 is 53.6 Å². The van der Waals surface area contributed by atoms with Crippen LogP contribution in [0.2, 0.25) is 0 Å². The second-order valence-electron chi connectivity index (χ2n) is 23.4. The molecule has 0 aliphatic carbocycles. The van der Waals surface area contributed by atoms with Gasteiger partial charge in [0.2, 0.25) is 7.37 Å². The van der Waals surface area contributed by atoms with Gasteiger partial charge >= 0.3 is 66.1 Å². The molecule has 0 amide bonds. The van der Waals surface area contributed by atoms with E-state index in [1.807, 2.05) is 178 Å². The van der Waals surface area contributed by atoms with Gasteiger partial charge in [-0.25, -0.2) is 13.7 Å². The minimum atomic E-state index is -3.50. The first-order valence-electron chi connectivity index (χ1n) is 32.4. The Hall–Kier alpha value is -4.18. The molecule has 23 nitrogen and oxygen atoms in total. The van der Waals surface area contributed by atoms with Crippen LogP contribution in [0.25, 0.3) is 0 Å². The van der Waals surface area contributed by atoms with Crippen LogP contribution in [0, 0.1) is 11.8 Å². The first-order valence-corrected chi connectivity index (χ1v) is 48.1. The van der Waals surface area contributed by atoms with Crippen molar-refractivity contribution in [3.63, 3.8) is 0 Å². The number of carbonyl (C=O) groups is 2. The zero-order valence-electron chi connectivity index (χ0n) is 62.5. The van der Waals surface area contributed by atoms with Gasteiger partial charge in [0.25, 0.3) is 0 Å².